The molecule has 5 rings (SSSR count). The van der Waals surface area contributed by atoms with Gasteiger partial charge >= 0.3 is 5.91 Å². The topological polar surface area (TPSA) is 79.7 Å². The molecule has 188 valence electrons. The van der Waals surface area contributed by atoms with E-state index in [1.165, 1.54) is 23.1 Å². The smallest absolute Gasteiger partial charge is 0.301 e. The van der Waals surface area contributed by atoms with Crippen molar-refractivity contribution >= 4 is 44.1 Å². The molecule has 0 radical (unpaired) electrons. The van der Waals surface area contributed by atoms with Gasteiger partial charge in [-0.1, -0.05) is 66.6 Å². The molecule has 37 heavy (non-hydrogen) atoms. The Morgan fingerprint density at radius 3 is 2.65 bits per heavy atom. The zero-order valence-electron chi connectivity index (χ0n) is 20.4. The summed E-state index contributed by atoms with van der Waals surface area (Å²) in [4.78, 5) is 32.6. The van der Waals surface area contributed by atoms with Gasteiger partial charge in [-0.05, 0) is 49.2 Å². The fraction of sp³-hybridized carbons (Fsp3) is 0.207. The third-order valence-electron chi connectivity index (χ3n) is 6.26. The van der Waals surface area contributed by atoms with Crippen molar-refractivity contribution < 1.29 is 23.8 Å². The van der Waals surface area contributed by atoms with Gasteiger partial charge in [0.1, 0.15) is 17.3 Å². The molecule has 1 unspecified atom stereocenters. The largest absolute Gasteiger partial charge is 0.507 e. The third-order valence-corrected chi connectivity index (χ3v) is 7.27. The Labute approximate surface area is 217 Å². The molecule has 0 bridgehead atoms. The van der Waals surface area contributed by atoms with Crippen LogP contribution >= 0.6 is 11.3 Å². The number of Topliss-reactive ketones (excluding diaryl/α,β-unsaturated/α-hetero) is 1. The van der Waals surface area contributed by atoms with Gasteiger partial charge in [-0.25, -0.2) is 9.37 Å². The summed E-state index contributed by atoms with van der Waals surface area (Å²) >= 11 is 1.11. The van der Waals surface area contributed by atoms with Crippen LogP contribution in [0.1, 0.15) is 42.5 Å². The molecule has 4 aromatic rings. The predicted octanol–water partition coefficient (Wildman–Crippen LogP) is 6.55. The number of nitrogens with zero attached hydrogens (tertiary/aromatic N) is 2. The van der Waals surface area contributed by atoms with Crippen LogP contribution in [-0.2, 0) is 9.59 Å². The summed E-state index contributed by atoms with van der Waals surface area (Å²) in [5.41, 5.74) is 2.48. The van der Waals surface area contributed by atoms with Crippen LogP contribution in [0.2, 0.25) is 0 Å². The Bertz CT molecular complexity index is 1530. The number of rotatable bonds is 7. The summed E-state index contributed by atoms with van der Waals surface area (Å²) in [6.07, 6.45) is 1.87. The first-order valence-corrected chi connectivity index (χ1v) is 12.9. The number of hydrogen-bond acceptors (Lipinski definition) is 6. The number of aliphatic hydroxyl groups excluding tert-OH is 1. The van der Waals surface area contributed by atoms with Crippen molar-refractivity contribution in [3.05, 3.63) is 94.8 Å². The van der Waals surface area contributed by atoms with E-state index in [0.717, 1.165) is 29.7 Å². The highest BCUT2D eigenvalue weighted by Crippen LogP contribution is 2.44. The molecule has 8 heteroatoms. The van der Waals surface area contributed by atoms with E-state index in [-0.39, 0.29) is 16.5 Å². The van der Waals surface area contributed by atoms with Crippen LogP contribution in [-0.4, -0.2) is 28.4 Å². The molecule has 3 aromatic carbocycles. The second-order valence-corrected chi connectivity index (χ2v) is 9.93. The quantitative estimate of drug-likeness (QED) is 0.130. The van der Waals surface area contributed by atoms with Gasteiger partial charge in [0, 0.05) is 5.56 Å². The number of aromatic nitrogens is 1. The Balaban J connectivity index is 1.67. The van der Waals surface area contributed by atoms with E-state index in [1.807, 2.05) is 25.1 Å². The van der Waals surface area contributed by atoms with Crippen LogP contribution in [0, 0.1) is 12.7 Å². The minimum absolute atomic E-state index is 0.0370. The summed E-state index contributed by atoms with van der Waals surface area (Å²) in [5.74, 6) is -1.72. The molecule has 1 saturated heterocycles. The van der Waals surface area contributed by atoms with E-state index in [1.54, 1.807) is 30.3 Å². The minimum Gasteiger partial charge on any atom is -0.507 e. The molecule has 1 fully saturated rings. The lowest BCUT2D eigenvalue weighted by atomic mass is 9.95. The lowest BCUT2D eigenvalue weighted by molar-refractivity contribution is -0.132. The van der Waals surface area contributed by atoms with Gasteiger partial charge in [-0.15, -0.1) is 0 Å². The molecule has 0 saturated carbocycles. The molecule has 2 heterocycles. The van der Waals surface area contributed by atoms with Gasteiger partial charge in [0.25, 0.3) is 5.78 Å². The maximum Gasteiger partial charge on any atom is 0.301 e. The summed E-state index contributed by atoms with van der Waals surface area (Å²) in [5, 5.41) is 11.5. The number of aliphatic hydroxyl groups is 1. The van der Waals surface area contributed by atoms with E-state index in [0.29, 0.717) is 33.7 Å². The van der Waals surface area contributed by atoms with Crippen molar-refractivity contribution in [2.24, 2.45) is 0 Å². The van der Waals surface area contributed by atoms with Crippen LogP contribution < -0.4 is 9.64 Å². The molecular weight excluding hydrogens is 491 g/mol. The Morgan fingerprint density at radius 2 is 1.89 bits per heavy atom. The minimum atomic E-state index is -0.943. The lowest BCUT2D eigenvalue weighted by Crippen LogP contribution is -2.29. The van der Waals surface area contributed by atoms with Gasteiger partial charge < -0.3 is 9.84 Å². The molecule has 1 aromatic heterocycles. The summed E-state index contributed by atoms with van der Waals surface area (Å²) in [6.45, 7) is 4.53. The van der Waals surface area contributed by atoms with E-state index in [4.69, 9.17) is 4.74 Å². The average Bonchev–Trinajstić information content (AvgIpc) is 3.42. The number of carbonyl (C=O) groups excluding carboxylic acids is 2. The van der Waals surface area contributed by atoms with Crippen molar-refractivity contribution in [3.63, 3.8) is 0 Å². The fourth-order valence-corrected chi connectivity index (χ4v) is 5.33. The van der Waals surface area contributed by atoms with Crippen LogP contribution in [0.5, 0.6) is 5.75 Å². The summed E-state index contributed by atoms with van der Waals surface area (Å²) in [7, 11) is 0. The van der Waals surface area contributed by atoms with Crippen molar-refractivity contribution in [2.45, 2.75) is 32.7 Å². The van der Waals surface area contributed by atoms with Gasteiger partial charge in [0.2, 0.25) is 0 Å². The number of halogens is 1. The Hall–Kier alpha value is -4.04. The number of benzene rings is 3. The average molecular weight is 517 g/mol. The van der Waals surface area contributed by atoms with Gasteiger partial charge in [-0.2, -0.15) is 0 Å². The fourth-order valence-electron chi connectivity index (χ4n) is 4.31. The number of hydrogen-bond donors (Lipinski definition) is 1. The maximum atomic E-state index is 13.8. The Morgan fingerprint density at radius 1 is 1.11 bits per heavy atom. The summed E-state index contributed by atoms with van der Waals surface area (Å²) < 4.78 is 20.3. The summed E-state index contributed by atoms with van der Waals surface area (Å²) in [6, 6.07) is 17.5. The standard InChI is InChI=1S/C29H25FN2O4S/c1-3-4-14-36-21-7-5-6-19(15-21)25-24(26(33)18-10-8-17(2)9-11-18)27(34)28(35)32(25)29-31-22-13-12-20(30)16-23(22)37-29/h5-13,15-16,25,33H,3-4,14H2,1-2H3/b26-24+. The third kappa shape index (κ3) is 4.72. The van der Waals surface area contributed by atoms with Crippen LogP contribution in [0.4, 0.5) is 9.52 Å². The number of aryl methyl sites for hydroxylation is 1. The molecule has 1 N–H and O–H groups in total. The second-order valence-electron chi connectivity index (χ2n) is 8.92. The maximum absolute atomic E-state index is 13.8. The van der Waals surface area contributed by atoms with E-state index >= 15 is 0 Å². The molecule has 0 aliphatic carbocycles. The number of ether oxygens (including phenoxy) is 1. The number of thiazole rings is 1. The monoisotopic (exact) mass is 516 g/mol. The number of amides is 1. The zero-order chi connectivity index (χ0) is 26.1. The second kappa shape index (κ2) is 10.1. The molecule has 1 aliphatic rings. The number of anilines is 1. The highest BCUT2D eigenvalue weighted by atomic mass is 32.1. The van der Waals surface area contributed by atoms with Gasteiger partial charge in [-0.3, -0.25) is 14.5 Å². The number of ketones is 1. The SMILES string of the molecule is CCCCOc1cccc(C2/C(=C(\O)c3ccc(C)cc3)C(=O)C(=O)N2c2nc3ccc(F)cc3s2)c1. The highest BCUT2D eigenvalue weighted by molar-refractivity contribution is 7.22. The van der Waals surface area contributed by atoms with E-state index in [9.17, 15) is 19.1 Å². The van der Waals surface area contributed by atoms with Crippen LogP contribution in [0.25, 0.3) is 16.0 Å². The number of fused-ring (bicyclic) bond motifs is 1. The van der Waals surface area contributed by atoms with E-state index in [2.05, 4.69) is 11.9 Å². The van der Waals surface area contributed by atoms with Crippen LogP contribution in [0.3, 0.4) is 0 Å². The van der Waals surface area contributed by atoms with Crippen LogP contribution in [0.15, 0.2) is 72.3 Å². The van der Waals surface area contributed by atoms with Crippen molar-refractivity contribution in [3.8, 4) is 5.75 Å². The molecular formula is C29H25FN2O4S. The lowest BCUT2D eigenvalue weighted by Gasteiger charge is -2.23. The molecule has 0 spiro atoms. The van der Waals surface area contributed by atoms with Gasteiger partial charge in [0.15, 0.2) is 5.13 Å². The predicted molar refractivity (Wildman–Crippen MR) is 142 cm³/mol. The Kier molecular flexibility index (Phi) is 6.76. The normalized spacial score (nSPS) is 17.1. The van der Waals surface area contributed by atoms with Crippen molar-refractivity contribution in [1.82, 2.24) is 4.98 Å². The molecule has 6 nitrogen and oxygen atoms in total. The number of unbranched alkanes of at least 4 members (excludes halogenated alkanes) is 1. The first kappa shape index (κ1) is 24.6. The van der Waals surface area contributed by atoms with Crippen molar-refractivity contribution in [1.29, 1.82) is 0 Å². The number of carbonyl (C=O) groups is 2. The molecule has 1 amide bonds. The molecule has 1 aliphatic heterocycles. The van der Waals surface area contributed by atoms with Crippen molar-refractivity contribution in [2.75, 3.05) is 11.5 Å². The first-order chi connectivity index (χ1) is 17.9. The van der Waals surface area contributed by atoms with E-state index < -0.39 is 23.5 Å². The van der Waals surface area contributed by atoms with Gasteiger partial charge in [0.05, 0.1) is 28.4 Å². The molecule has 1 atom stereocenters. The first-order valence-electron chi connectivity index (χ1n) is 12.0. The highest BCUT2D eigenvalue weighted by Gasteiger charge is 2.48. The zero-order valence-corrected chi connectivity index (χ0v) is 21.2.